The van der Waals surface area contributed by atoms with Gasteiger partial charge in [0.15, 0.2) is 0 Å². The number of hydrogen-bond acceptors (Lipinski definition) is 12. The second-order valence-corrected chi connectivity index (χ2v) is 23.0. The summed E-state index contributed by atoms with van der Waals surface area (Å²) >= 11 is 0. The van der Waals surface area contributed by atoms with Gasteiger partial charge in [-0.3, -0.25) is 38.6 Å². The lowest BCUT2D eigenvalue weighted by Crippen LogP contribution is -2.62. The van der Waals surface area contributed by atoms with Crippen molar-refractivity contribution in [1.29, 1.82) is 0 Å². The molecule has 0 aliphatic carbocycles. The molecule has 4 aromatic carbocycles. The number of morpholine rings is 1. The number of benzene rings is 4. The highest BCUT2D eigenvalue weighted by atomic mass is 35.5. The Hall–Kier alpha value is -5.88. The molecule has 0 bridgehead atoms. The minimum atomic E-state index is -1.44. The third-order valence-electron chi connectivity index (χ3n) is 16.9. The Balaban J connectivity index is 0.00000386. The highest BCUT2D eigenvalue weighted by Crippen LogP contribution is 2.45. The number of hydrogen-bond donors (Lipinski definition) is 6. The number of likely N-dealkylation sites (N-methyl/N-ethyl adjacent to an activating group) is 1. The van der Waals surface area contributed by atoms with E-state index in [0.29, 0.717) is 70.6 Å². The minimum Gasteiger partial charge on any atom is -0.381 e. The average Bonchev–Trinajstić information content (AvgIpc) is 1.87. The van der Waals surface area contributed by atoms with Crippen molar-refractivity contribution in [2.45, 2.75) is 114 Å². The van der Waals surface area contributed by atoms with Gasteiger partial charge in [0.2, 0.25) is 29.5 Å². The number of rotatable bonds is 20. The Morgan fingerprint density at radius 1 is 0.835 bits per heavy atom. The zero-order valence-corrected chi connectivity index (χ0v) is 51.1. The molecule has 18 nitrogen and oxygen atoms in total. The smallest absolute Gasteiger partial charge is 0.252 e. The molecule has 1 unspecified atom stereocenters. The zero-order valence-electron chi connectivity index (χ0n) is 48.7. The van der Waals surface area contributed by atoms with Crippen LogP contribution in [0.3, 0.4) is 0 Å². The molecule has 6 N–H and O–H groups in total. The SMILES string of the molecule is CN[C@@H](C)C(=O)N[C@H](C(=O)N1Cc2ccc(NC(=O)CC(=O)NCCCC3(C)CN(C(=O)CN4C[C@@H](C)NC[C@@H]4CN4CCOC[C@H]4C)c4cc(Cc5ccc(F)cc5)ccc43)cc2[C@H]1C(=O)Nc1c(F)cccc1F)C1CCOCC1.Cl.Cl.Cl. The number of carbonyl (C=O) groups excluding carboxylic acids is 6. The Morgan fingerprint density at radius 2 is 1.55 bits per heavy atom. The van der Waals surface area contributed by atoms with Gasteiger partial charge in [0, 0.05) is 93.9 Å². The van der Waals surface area contributed by atoms with Crippen LogP contribution in [0.25, 0.3) is 0 Å². The van der Waals surface area contributed by atoms with Crippen LogP contribution in [0.15, 0.2) is 78.9 Å². The lowest BCUT2D eigenvalue weighted by Gasteiger charge is -2.43. The second kappa shape index (κ2) is 30.7. The Kier molecular flexibility index (Phi) is 24.6. The van der Waals surface area contributed by atoms with Gasteiger partial charge in [0.1, 0.15) is 41.6 Å². The van der Waals surface area contributed by atoms with Crippen LogP contribution in [0.2, 0.25) is 0 Å². The predicted molar refractivity (Wildman–Crippen MR) is 326 cm³/mol. The highest BCUT2D eigenvalue weighted by molar-refractivity contribution is 6.04. The van der Waals surface area contributed by atoms with Crippen LogP contribution >= 0.6 is 37.2 Å². The first-order valence-electron chi connectivity index (χ1n) is 28.7. The Morgan fingerprint density at radius 3 is 2.26 bits per heavy atom. The molecule has 24 heteroatoms. The molecule has 0 radical (unpaired) electrons. The molecule has 0 spiro atoms. The van der Waals surface area contributed by atoms with E-state index < -0.39 is 76.8 Å². The van der Waals surface area contributed by atoms with Crippen molar-refractivity contribution in [3.8, 4) is 0 Å². The zero-order chi connectivity index (χ0) is 58.2. The topological polar surface area (TPSA) is 206 Å². The van der Waals surface area contributed by atoms with Crippen molar-refractivity contribution in [3.05, 3.63) is 124 Å². The number of carbonyl (C=O) groups is 6. The Bertz CT molecular complexity index is 2980. The van der Waals surface area contributed by atoms with Crippen LogP contribution in [0.4, 0.5) is 30.2 Å². The lowest BCUT2D eigenvalue weighted by molar-refractivity contribution is -0.144. The van der Waals surface area contributed by atoms with E-state index in [1.807, 2.05) is 4.90 Å². The molecule has 5 aliphatic heterocycles. The van der Waals surface area contributed by atoms with E-state index in [4.69, 9.17) is 9.47 Å². The number of nitrogens with one attached hydrogen (secondary N) is 6. The fraction of sp³-hybridized carbons (Fsp3) is 0.508. The number of nitrogens with zero attached hydrogens (tertiary/aromatic N) is 4. The molecule has 464 valence electrons. The van der Waals surface area contributed by atoms with E-state index in [-0.39, 0.29) is 104 Å². The number of halogens is 6. The fourth-order valence-electron chi connectivity index (χ4n) is 12.1. The van der Waals surface area contributed by atoms with Crippen molar-refractivity contribution in [3.63, 3.8) is 0 Å². The maximum Gasteiger partial charge on any atom is 0.252 e. The van der Waals surface area contributed by atoms with Crippen LogP contribution in [-0.4, -0.2) is 160 Å². The lowest BCUT2D eigenvalue weighted by atomic mass is 9.80. The van der Waals surface area contributed by atoms with Crippen molar-refractivity contribution >= 4 is 89.7 Å². The van der Waals surface area contributed by atoms with E-state index in [0.717, 1.165) is 66.8 Å². The summed E-state index contributed by atoms with van der Waals surface area (Å²) < 4.78 is 55.1. The molecule has 3 saturated heterocycles. The van der Waals surface area contributed by atoms with Gasteiger partial charge in [-0.15, -0.1) is 37.2 Å². The number of amides is 6. The predicted octanol–water partition coefficient (Wildman–Crippen LogP) is 6.41. The second-order valence-electron chi connectivity index (χ2n) is 23.0. The molecule has 3 fully saturated rings. The van der Waals surface area contributed by atoms with E-state index in [1.165, 1.54) is 23.1 Å². The molecular formula is C61H80Cl3F3N10O8. The number of ether oxygens (including phenoxy) is 2. The molecule has 7 atom stereocenters. The molecule has 0 aromatic heterocycles. The van der Waals surface area contributed by atoms with Gasteiger partial charge in [0.05, 0.1) is 25.8 Å². The third-order valence-corrected chi connectivity index (χ3v) is 16.9. The number of piperazine rings is 1. The first kappa shape index (κ1) is 68.2. The van der Waals surface area contributed by atoms with Crippen molar-refractivity contribution < 1.29 is 51.4 Å². The molecule has 5 heterocycles. The fourth-order valence-corrected chi connectivity index (χ4v) is 12.1. The quantitative estimate of drug-likeness (QED) is 0.0420. The maximum atomic E-state index is 15.0. The van der Waals surface area contributed by atoms with Gasteiger partial charge in [-0.25, -0.2) is 13.2 Å². The van der Waals surface area contributed by atoms with Crippen molar-refractivity contribution in [2.24, 2.45) is 5.92 Å². The summed E-state index contributed by atoms with van der Waals surface area (Å²) in [5, 5.41) is 17.3. The van der Waals surface area contributed by atoms with Gasteiger partial charge < -0.3 is 51.2 Å². The summed E-state index contributed by atoms with van der Waals surface area (Å²) in [6.07, 6.45) is 2.08. The molecule has 85 heavy (non-hydrogen) atoms. The van der Waals surface area contributed by atoms with Crippen LogP contribution in [0.1, 0.15) is 93.7 Å². The summed E-state index contributed by atoms with van der Waals surface area (Å²) in [5.74, 6) is -5.82. The molecule has 9 rings (SSSR count). The van der Waals surface area contributed by atoms with Crippen molar-refractivity contribution in [2.75, 3.05) is 94.8 Å². The first-order chi connectivity index (χ1) is 39.4. The molecule has 4 aromatic rings. The van der Waals surface area contributed by atoms with Crippen LogP contribution in [0.5, 0.6) is 0 Å². The van der Waals surface area contributed by atoms with Gasteiger partial charge in [-0.1, -0.05) is 43.3 Å². The average molecular weight is 1240 g/mol. The molecular weight excluding hydrogens is 1160 g/mol. The van der Waals surface area contributed by atoms with E-state index in [9.17, 15) is 41.9 Å². The molecule has 6 amide bonds. The first-order valence-corrected chi connectivity index (χ1v) is 28.7. The largest absolute Gasteiger partial charge is 0.381 e. The molecule has 0 saturated carbocycles. The summed E-state index contributed by atoms with van der Waals surface area (Å²) in [7, 11) is 1.61. The molecule has 5 aliphatic rings. The number of para-hydroxylation sites is 1. The van der Waals surface area contributed by atoms with Crippen molar-refractivity contribution in [1.82, 2.24) is 36.0 Å². The van der Waals surface area contributed by atoms with Crippen LogP contribution in [-0.2, 0) is 56.6 Å². The summed E-state index contributed by atoms with van der Waals surface area (Å²) in [5.41, 5.74) is 3.62. The standard InChI is InChI=1S/C61H77F3N10O8.3ClH/c1-37-31-72(46(30-67-37)33-71-22-25-82-35-38(71)2)34-54(77)74-36-61(4,48-17-12-41(27-51(48)74)26-40-10-14-44(62)15-11-40)20-7-21-66-52(75)29-53(76)68-45-16-13-43-32-73(57(47(43)28-45)59(79)70-56-49(63)8-6-9-50(56)64)60(80)55(42-18-23-81-24-19-42)69-58(78)39(3)65-5;;;/h6,8-17,27-28,37-39,42,46,55,57,65,67H,7,18-26,29-36H2,1-5H3,(H,66,75)(H,68,76)(H,69,78)(H,70,79);3*1H/t37-,38-,39+,46-,55+,57+,61?;;;/m1.../s1. The van der Waals surface area contributed by atoms with Gasteiger partial charge in [-0.2, -0.15) is 0 Å². The van der Waals surface area contributed by atoms with E-state index in [1.54, 1.807) is 38.2 Å². The summed E-state index contributed by atoms with van der Waals surface area (Å²) in [4.78, 5) is 91.9. The van der Waals surface area contributed by atoms with Gasteiger partial charge in [-0.05, 0) is 136 Å². The van der Waals surface area contributed by atoms with Gasteiger partial charge >= 0.3 is 0 Å². The minimum absolute atomic E-state index is 0. The highest BCUT2D eigenvalue weighted by Gasteiger charge is 2.45. The van der Waals surface area contributed by atoms with Crippen LogP contribution < -0.4 is 36.8 Å². The number of anilines is 3. The van der Waals surface area contributed by atoms with E-state index in [2.05, 4.69) is 80.7 Å². The maximum absolute atomic E-state index is 15.0. The van der Waals surface area contributed by atoms with Gasteiger partial charge in [0.25, 0.3) is 5.91 Å². The summed E-state index contributed by atoms with van der Waals surface area (Å²) in [6, 6.07) is 18.0. The Labute approximate surface area is 514 Å². The summed E-state index contributed by atoms with van der Waals surface area (Å²) in [6.45, 7) is 14.2. The van der Waals surface area contributed by atoms with E-state index >= 15 is 0 Å². The van der Waals surface area contributed by atoms with Crippen LogP contribution in [0, 0.1) is 23.4 Å². The number of fused-ring (bicyclic) bond motifs is 2. The monoisotopic (exact) mass is 1240 g/mol. The third kappa shape index (κ3) is 16.6. The normalized spacial score (nSPS) is 22.1.